The zero-order valence-corrected chi connectivity index (χ0v) is 12.4. The number of nitrogens with two attached hydrogens (primary N) is 1. The van der Waals surface area contributed by atoms with Gasteiger partial charge in [-0.05, 0) is 55.0 Å². The summed E-state index contributed by atoms with van der Waals surface area (Å²) in [7, 11) is 3.63. The van der Waals surface area contributed by atoms with Crippen molar-refractivity contribution in [2.75, 3.05) is 19.1 Å². The van der Waals surface area contributed by atoms with E-state index < -0.39 is 0 Å². The first kappa shape index (κ1) is 14.7. The van der Waals surface area contributed by atoms with Crippen LogP contribution in [0.5, 0.6) is 5.75 Å². The Morgan fingerprint density at radius 2 is 1.76 bits per heavy atom. The number of hydrogen-bond acceptors (Lipinski definition) is 4. The summed E-state index contributed by atoms with van der Waals surface area (Å²) in [6.07, 6.45) is 0. The highest BCUT2D eigenvalue weighted by molar-refractivity contribution is 5.98. The lowest BCUT2D eigenvalue weighted by Crippen LogP contribution is -2.16. The molecule has 0 amide bonds. The molecule has 0 unspecified atom stereocenters. The number of hydrogen-bond donors (Lipinski definition) is 2. The molecule has 0 aliphatic rings. The molecule has 0 fully saturated rings. The second-order valence-corrected chi connectivity index (χ2v) is 4.74. The van der Waals surface area contributed by atoms with Crippen LogP contribution < -0.4 is 15.4 Å². The van der Waals surface area contributed by atoms with Gasteiger partial charge < -0.3 is 20.6 Å². The topological polar surface area (TPSA) is 71.1 Å². The van der Waals surface area contributed by atoms with Crippen LogP contribution in [0.4, 0.5) is 11.4 Å². The van der Waals surface area contributed by atoms with E-state index in [0.29, 0.717) is 0 Å². The fourth-order valence-corrected chi connectivity index (χ4v) is 2.15. The average molecular weight is 285 g/mol. The van der Waals surface area contributed by atoms with E-state index in [1.807, 2.05) is 56.4 Å². The number of ether oxygens (including phenoxy) is 1. The highest BCUT2D eigenvalue weighted by atomic mass is 16.5. The van der Waals surface area contributed by atoms with Crippen LogP contribution in [0, 0.1) is 6.92 Å². The van der Waals surface area contributed by atoms with Crippen molar-refractivity contribution in [2.24, 2.45) is 10.9 Å². The first-order valence-corrected chi connectivity index (χ1v) is 6.53. The van der Waals surface area contributed by atoms with Gasteiger partial charge in [-0.15, -0.1) is 0 Å². The predicted octanol–water partition coefficient (Wildman–Crippen LogP) is 2.87. The van der Waals surface area contributed by atoms with E-state index in [4.69, 9.17) is 15.7 Å². The van der Waals surface area contributed by atoms with E-state index in [2.05, 4.69) is 10.1 Å². The molecule has 2 aromatic rings. The van der Waals surface area contributed by atoms with Crippen molar-refractivity contribution in [3.05, 3.63) is 53.6 Å². The summed E-state index contributed by atoms with van der Waals surface area (Å²) in [5, 5.41) is 11.8. The number of methoxy groups -OCH3 is 1. The third-order valence-electron chi connectivity index (χ3n) is 3.44. The third kappa shape index (κ3) is 3.08. The number of nitrogens with zero attached hydrogens (tertiary/aromatic N) is 2. The van der Waals surface area contributed by atoms with Crippen molar-refractivity contribution >= 4 is 17.2 Å². The van der Waals surface area contributed by atoms with Gasteiger partial charge in [0.05, 0.1) is 7.11 Å². The van der Waals surface area contributed by atoms with Gasteiger partial charge >= 0.3 is 0 Å². The van der Waals surface area contributed by atoms with Gasteiger partial charge in [0.15, 0.2) is 5.84 Å². The van der Waals surface area contributed by atoms with Crippen molar-refractivity contribution in [3.63, 3.8) is 0 Å². The standard InChI is InChI=1S/C16H19N3O2/c1-11-10-13(6-9-15(11)16(17)18-20)19(2)12-4-7-14(21-3)8-5-12/h4-10,20H,1-3H3,(H2,17,18). The minimum absolute atomic E-state index is 0.117. The second-order valence-electron chi connectivity index (χ2n) is 4.74. The van der Waals surface area contributed by atoms with E-state index in [0.717, 1.165) is 28.3 Å². The number of anilines is 2. The van der Waals surface area contributed by atoms with Crippen LogP contribution in [-0.2, 0) is 0 Å². The number of amidine groups is 1. The molecular weight excluding hydrogens is 266 g/mol. The molecule has 110 valence electrons. The summed E-state index contributed by atoms with van der Waals surface area (Å²) in [4.78, 5) is 2.06. The fourth-order valence-electron chi connectivity index (χ4n) is 2.15. The summed E-state index contributed by atoms with van der Waals surface area (Å²) in [6, 6.07) is 13.6. The molecule has 21 heavy (non-hydrogen) atoms. The molecule has 0 bridgehead atoms. The van der Waals surface area contributed by atoms with E-state index in [1.54, 1.807) is 7.11 Å². The maximum absolute atomic E-state index is 8.76. The van der Waals surface area contributed by atoms with Crippen LogP contribution in [0.3, 0.4) is 0 Å². The molecule has 0 spiro atoms. The van der Waals surface area contributed by atoms with Crippen LogP contribution in [0.1, 0.15) is 11.1 Å². The van der Waals surface area contributed by atoms with E-state index >= 15 is 0 Å². The van der Waals surface area contributed by atoms with Crippen molar-refractivity contribution in [2.45, 2.75) is 6.92 Å². The van der Waals surface area contributed by atoms with E-state index in [1.165, 1.54) is 0 Å². The zero-order valence-electron chi connectivity index (χ0n) is 12.4. The zero-order chi connectivity index (χ0) is 15.4. The Bertz CT molecular complexity index is 651. The molecule has 5 heteroatoms. The predicted molar refractivity (Wildman–Crippen MR) is 84.7 cm³/mol. The molecule has 0 atom stereocenters. The lowest BCUT2D eigenvalue weighted by Gasteiger charge is -2.21. The molecule has 2 rings (SSSR count). The van der Waals surface area contributed by atoms with Crippen LogP contribution >= 0.6 is 0 Å². The van der Waals surface area contributed by atoms with Crippen molar-refractivity contribution in [1.29, 1.82) is 0 Å². The molecule has 0 aromatic heterocycles. The third-order valence-corrected chi connectivity index (χ3v) is 3.44. The summed E-state index contributed by atoms with van der Waals surface area (Å²) < 4.78 is 5.16. The summed E-state index contributed by atoms with van der Waals surface area (Å²) in [5.74, 6) is 0.941. The molecule has 2 aromatic carbocycles. The van der Waals surface area contributed by atoms with Gasteiger partial charge in [-0.25, -0.2) is 0 Å². The molecule has 0 radical (unpaired) electrons. The average Bonchev–Trinajstić information content (AvgIpc) is 2.53. The molecule has 0 heterocycles. The van der Waals surface area contributed by atoms with Gasteiger partial charge in [-0.2, -0.15) is 0 Å². The minimum Gasteiger partial charge on any atom is -0.497 e. The van der Waals surface area contributed by atoms with Gasteiger partial charge in [0.25, 0.3) is 0 Å². The van der Waals surface area contributed by atoms with Crippen molar-refractivity contribution < 1.29 is 9.94 Å². The molecule has 0 saturated heterocycles. The first-order chi connectivity index (χ1) is 10.1. The second kappa shape index (κ2) is 6.17. The Morgan fingerprint density at radius 1 is 1.14 bits per heavy atom. The smallest absolute Gasteiger partial charge is 0.170 e. The Morgan fingerprint density at radius 3 is 2.29 bits per heavy atom. The Labute approximate surface area is 124 Å². The number of oxime groups is 1. The molecule has 5 nitrogen and oxygen atoms in total. The maximum atomic E-state index is 8.76. The van der Waals surface area contributed by atoms with Crippen molar-refractivity contribution in [1.82, 2.24) is 0 Å². The number of benzene rings is 2. The minimum atomic E-state index is 0.117. The molecule has 0 saturated carbocycles. The molecule has 0 aliphatic carbocycles. The monoisotopic (exact) mass is 285 g/mol. The Balaban J connectivity index is 2.30. The highest BCUT2D eigenvalue weighted by Crippen LogP contribution is 2.27. The van der Waals surface area contributed by atoms with Gasteiger partial charge in [0.1, 0.15) is 5.75 Å². The van der Waals surface area contributed by atoms with Gasteiger partial charge in [0.2, 0.25) is 0 Å². The van der Waals surface area contributed by atoms with Crippen LogP contribution in [0.25, 0.3) is 0 Å². The SMILES string of the molecule is COc1ccc(N(C)c2ccc(/C(N)=N/O)c(C)c2)cc1. The van der Waals surface area contributed by atoms with Crippen molar-refractivity contribution in [3.8, 4) is 5.75 Å². The van der Waals surface area contributed by atoms with Crippen LogP contribution in [0.2, 0.25) is 0 Å². The van der Waals surface area contributed by atoms with Gasteiger partial charge in [0, 0.05) is 24.0 Å². The Kier molecular flexibility index (Phi) is 4.33. The first-order valence-electron chi connectivity index (χ1n) is 6.53. The molecular formula is C16H19N3O2. The number of aryl methyl sites for hydroxylation is 1. The van der Waals surface area contributed by atoms with Crippen LogP contribution in [-0.4, -0.2) is 25.2 Å². The molecule has 0 aliphatic heterocycles. The maximum Gasteiger partial charge on any atom is 0.170 e. The summed E-state index contributed by atoms with van der Waals surface area (Å²) in [6.45, 7) is 1.93. The van der Waals surface area contributed by atoms with E-state index in [-0.39, 0.29) is 5.84 Å². The largest absolute Gasteiger partial charge is 0.497 e. The lowest BCUT2D eigenvalue weighted by molar-refractivity contribution is 0.318. The van der Waals surface area contributed by atoms with E-state index in [9.17, 15) is 0 Å². The molecule has 3 N–H and O–H groups in total. The van der Waals surface area contributed by atoms with Gasteiger partial charge in [-0.1, -0.05) is 5.16 Å². The Hall–Kier alpha value is -2.69. The number of rotatable bonds is 4. The van der Waals surface area contributed by atoms with Gasteiger partial charge in [-0.3, -0.25) is 0 Å². The highest BCUT2D eigenvalue weighted by Gasteiger charge is 2.08. The quantitative estimate of drug-likeness (QED) is 0.392. The lowest BCUT2D eigenvalue weighted by atomic mass is 10.1. The van der Waals surface area contributed by atoms with Crippen LogP contribution in [0.15, 0.2) is 47.6 Å². The normalized spacial score (nSPS) is 11.3. The summed E-state index contributed by atoms with van der Waals surface area (Å²) in [5.41, 5.74) is 9.38. The summed E-state index contributed by atoms with van der Waals surface area (Å²) >= 11 is 0. The fraction of sp³-hybridized carbons (Fsp3) is 0.188.